The standard InChI is InChI=1S/C38H39Cl2N7O4/c1-45-31(14-32-42-24(13-34(50)47(32)45)19-46-20-38(21-46)15-25(48)16-38)29-8-4-6-27(36(29)40)26-5-3-7-28(35(26)39)30-11-9-22(37(44-30)51-2)17-41-18-23-10-12-33(49)43-23/h3-9,11,13-14,23,25,41,48H,10,12,15-21H2,1-2H3,(H,43,49). The molecule has 5 aromatic rings. The van der Waals surface area contributed by atoms with Crippen molar-refractivity contribution in [3.63, 3.8) is 0 Å². The lowest BCUT2D eigenvalue weighted by atomic mass is 9.62. The lowest BCUT2D eigenvalue weighted by Gasteiger charge is -2.57. The Morgan fingerprint density at radius 1 is 0.980 bits per heavy atom. The molecule has 3 fully saturated rings. The second-order valence-corrected chi connectivity index (χ2v) is 14.9. The molecule has 51 heavy (non-hydrogen) atoms. The Morgan fingerprint density at radius 3 is 2.37 bits per heavy atom. The number of hydrogen-bond acceptors (Lipinski definition) is 8. The lowest BCUT2D eigenvalue weighted by molar-refractivity contribution is -0.131. The molecule has 13 heteroatoms. The van der Waals surface area contributed by atoms with Crippen molar-refractivity contribution in [3.05, 3.63) is 92.3 Å². The third-order valence-electron chi connectivity index (χ3n) is 10.5. The van der Waals surface area contributed by atoms with Gasteiger partial charge in [0, 0.05) is 97.6 Å². The summed E-state index contributed by atoms with van der Waals surface area (Å²) in [4.78, 5) is 36.8. The molecule has 3 N–H and O–H groups in total. The summed E-state index contributed by atoms with van der Waals surface area (Å²) in [5, 5.41) is 17.1. The second-order valence-electron chi connectivity index (χ2n) is 14.1. The molecular formula is C38H39Cl2N7O4. The van der Waals surface area contributed by atoms with E-state index in [2.05, 4.69) is 15.5 Å². The van der Waals surface area contributed by atoms with E-state index in [4.69, 9.17) is 37.9 Å². The molecule has 3 aromatic heterocycles. The topological polar surface area (TPSA) is 126 Å². The van der Waals surface area contributed by atoms with Gasteiger partial charge >= 0.3 is 0 Å². The number of fused-ring (bicyclic) bond motifs is 1. The average molecular weight is 729 g/mol. The third kappa shape index (κ3) is 6.31. The number of pyridine rings is 1. The van der Waals surface area contributed by atoms with Gasteiger partial charge in [0.15, 0.2) is 5.65 Å². The quantitative estimate of drug-likeness (QED) is 0.182. The summed E-state index contributed by atoms with van der Waals surface area (Å²) in [7, 11) is 3.42. The lowest BCUT2D eigenvalue weighted by Crippen LogP contribution is -2.63. The van der Waals surface area contributed by atoms with Crippen LogP contribution in [0.3, 0.4) is 0 Å². The number of aromatic nitrogens is 4. The molecule has 1 saturated carbocycles. The number of halogens is 2. The van der Waals surface area contributed by atoms with E-state index in [-0.39, 0.29) is 29.0 Å². The van der Waals surface area contributed by atoms with Gasteiger partial charge in [-0.2, -0.15) is 4.52 Å². The van der Waals surface area contributed by atoms with E-state index in [1.807, 2.05) is 61.6 Å². The molecule has 1 unspecified atom stereocenters. The first kappa shape index (κ1) is 33.9. The smallest absolute Gasteiger partial charge is 0.273 e. The van der Waals surface area contributed by atoms with Gasteiger partial charge in [0.2, 0.25) is 11.8 Å². The van der Waals surface area contributed by atoms with Crippen LogP contribution >= 0.6 is 23.2 Å². The number of aliphatic hydroxyl groups is 1. The number of benzene rings is 2. The van der Waals surface area contributed by atoms with E-state index in [1.54, 1.807) is 22.4 Å². The Hall–Kier alpha value is -4.26. The number of methoxy groups -OCH3 is 1. The molecule has 264 valence electrons. The fourth-order valence-corrected chi connectivity index (χ4v) is 8.70. The fraction of sp³-hybridized carbons (Fsp3) is 0.368. The van der Waals surface area contributed by atoms with Gasteiger partial charge in [0.25, 0.3) is 5.56 Å². The van der Waals surface area contributed by atoms with Crippen LogP contribution in [0.25, 0.3) is 39.3 Å². The van der Waals surface area contributed by atoms with Gasteiger partial charge in [-0.1, -0.05) is 65.7 Å². The van der Waals surface area contributed by atoms with E-state index >= 15 is 0 Å². The van der Waals surface area contributed by atoms with E-state index in [9.17, 15) is 14.7 Å². The third-order valence-corrected chi connectivity index (χ3v) is 11.3. The van der Waals surface area contributed by atoms with Crippen molar-refractivity contribution in [1.29, 1.82) is 0 Å². The van der Waals surface area contributed by atoms with E-state index in [0.29, 0.717) is 53.3 Å². The van der Waals surface area contributed by atoms with Crippen molar-refractivity contribution >= 4 is 34.8 Å². The normalized spacial score (nSPS) is 18.6. The fourth-order valence-electron chi connectivity index (χ4n) is 8.05. The molecule has 1 spiro atoms. The average Bonchev–Trinajstić information content (AvgIpc) is 3.65. The molecule has 8 rings (SSSR count). The first-order valence-electron chi connectivity index (χ1n) is 17.2. The van der Waals surface area contributed by atoms with Gasteiger partial charge in [-0.05, 0) is 25.3 Å². The molecule has 11 nitrogen and oxygen atoms in total. The predicted molar refractivity (Wildman–Crippen MR) is 197 cm³/mol. The largest absolute Gasteiger partial charge is 0.481 e. The highest BCUT2D eigenvalue weighted by molar-refractivity contribution is 6.39. The van der Waals surface area contributed by atoms with Crippen LogP contribution < -0.4 is 20.9 Å². The van der Waals surface area contributed by atoms with Crippen molar-refractivity contribution in [2.45, 2.75) is 50.9 Å². The predicted octanol–water partition coefficient (Wildman–Crippen LogP) is 5.07. The van der Waals surface area contributed by atoms with Crippen molar-refractivity contribution in [1.82, 2.24) is 34.7 Å². The first-order valence-corrected chi connectivity index (χ1v) is 18.0. The molecule has 5 heterocycles. The minimum absolute atomic E-state index is 0.0945. The number of likely N-dealkylation sites (tertiary alicyclic amines) is 1. The van der Waals surface area contributed by atoms with Gasteiger partial charge in [-0.3, -0.25) is 19.2 Å². The molecule has 3 aliphatic rings. The SMILES string of the molecule is COc1nc(-c2cccc(-c3cccc(-c4cc5nc(CN6CC7(CC(O)C7)C6)cc(=O)n5n4C)c3Cl)c2Cl)ccc1CNCC1CCC(=O)N1. The van der Waals surface area contributed by atoms with Crippen molar-refractivity contribution < 1.29 is 14.6 Å². The molecule has 1 atom stereocenters. The van der Waals surface area contributed by atoms with Gasteiger partial charge in [0.1, 0.15) is 0 Å². The van der Waals surface area contributed by atoms with Crippen molar-refractivity contribution in [2.24, 2.45) is 12.5 Å². The Balaban J connectivity index is 1.05. The molecule has 0 bridgehead atoms. The Morgan fingerprint density at radius 2 is 1.69 bits per heavy atom. The maximum absolute atomic E-state index is 13.3. The highest BCUT2D eigenvalue weighted by atomic mass is 35.5. The zero-order valence-electron chi connectivity index (χ0n) is 28.5. The summed E-state index contributed by atoms with van der Waals surface area (Å²) in [6, 6.07) is 19.1. The molecule has 2 aliphatic heterocycles. The van der Waals surface area contributed by atoms with Crippen LogP contribution in [0.15, 0.2) is 65.5 Å². The molecule has 1 amide bonds. The zero-order chi connectivity index (χ0) is 35.4. The number of carbonyl (C=O) groups is 1. The van der Waals surface area contributed by atoms with Crippen LogP contribution in [0.2, 0.25) is 10.0 Å². The Labute approximate surface area is 305 Å². The van der Waals surface area contributed by atoms with Crippen LogP contribution in [0.5, 0.6) is 5.88 Å². The van der Waals surface area contributed by atoms with Crippen molar-refractivity contribution in [3.8, 4) is 39.5 Å². The van der Waals surface area contributed by atoms with E-state index in [1.165, 1.54) is 0 Å². The maximum atomic E-state index is 13.3. The monoisotopic (exact) mass is 727 g/mol. The number of aliphatic hydroxyl groups excluding tert-OH is 1. The molecule has 2 saturated heterocycles. The van der Waals surface area contributed by atoms with Crippen LogP contribution in [-0.4, -0.2) is 74.0 Å². The highest BCUT2D eigenvalue weighted by Gasteiger charge is 2.51. The molecule has 1 aliphatic carbocycles. The zero-order valence-corrected chi connectivity index (χ0v) is 30.0. The number of hydrogen-bond donors (Lipinski definition) is 3. The van der Waals surface area contributed by atoms with Crippen LogP contribution in [0.4, 0.5) is 0 Å². The summed E-state index contributed by atoms with van der Waals surface area (Å²) in [6.45, 7) is 3.66. The number of aryl methyl sites for hydroxylation is 1. The van der Waals surface area contributed by atoms with E-state index < -0.39 is 0 Å². The number of amides is 1. The Kier molecular flexibility index (Phi) is 8.88. The van der Waals surface area contributed by atoms with Crippen LogP contribution in [0, 0.1) is 5.41 Å². The summed E-state index contributed by atoms with van der Waals surface area (Å²) >= 11 is 14.3. The van der Waals surface area contributed by atoms with Crippen LogP contribution in [0.1, 0.15) is 36.9 Å². The molecule has 0 radical (unpaired) electrons. The summed E-state index contributed by atoms with van der Waals surface area (Å²) in [5.41, 5.74) is 6.62. The Bertz CT molecular complexity index is 2220. The van der Waals surface area contributed by atoms with E-state index in [0.717, 1.165) is 71.6 Å². The van der Waals surface area contributed by atoms with Gasteiger partial charge in [-0.15, -0.1) is 0 Å². The summed E-state index contributed by atoms with van der Waals surface area (Å²) in [5.74, 6) is 0.587. The number of nitrogens with one attached hydrogen (secondary N) is 2. The van der Waals surface area contributed by atoms with Crippen molar-refractivity contribution in [2.75, 3.05) is 26.7 Å². The summed E-state index contributed by atoms with van der Waals surface area (Å²) in [6.07, 6.45) is 2.94. The number of carbonyl (C=O) groups excluding carboxylic acids is 1. The number of ether oxygens (including phenoxy) is 1. The number of rotatable bonds is 10. The van der Waals surface area contributed by atoms with Crippen LogP contribution in [-0.2, 0) is 24.9 Å². The first-order chi connectivity index (χ1) is 24.6. The number of nitrogens with zero attached hydrogens (tertiary/aromatic N) is 5. The molecule has 2 aromatic carbocycles. The van der Waals surface area contributed by atoms with Gasteiger partial charge in [0.05, 0.1) is 40.3 Å². The second kappa shape index (κ2) is 13.4. The van der Waals surface area contributed by atoms with Gasteiger partial charge < -0.3 is 20.5 Å². The highest BCUT2D eigenvalue weighted by Crippen LogP contribution is 2.48. The summed E-state index contributed by atoms with van der Waals surface area (Å²) < 4.78 is 8.99. The maximum Gasteiger partial charge on any atom is 0.273 e. The molecular weight excluding hydrogens is 689 g/mol. The van der Waals surface area contributed by atoms with Gasteiger partial charge in [-0.25, -0.2) is 9.97 Å². The minimum atomic E-state index is -0.175. The minimum Gasteiger partial charge on any atom is -0.481 e.